The fourth-order valence-electron chi connectivity index (χ4n) is 2.17. The second-order valence-electron chi connectivity index (χ2n) is 4.59. The van der Waals surface area contributed by atoms with Crippen molar-refractivity contribution in [3.63, 3.8) is 0 Å². The fraction of sp³-hybridized carbons (Fsp3) is 0.500. The average Bonchev–Trinajstić information content (AvgIpc) is 2.62. The summed E-state index contributed by atoms with van der Waals surface area (Å²) in [7, 11) is 0. The molecule has 0 aliphatic heterocycles. The van der Waals surface area contributed by atoms with Crippen molar-refractivity contribution in [2.45, 2.75) is 32.2 Å². The Labute approximate surface area is 95.3 Å². The molecule has 3 N–H and O–H groups in total. The van der Waals surface area contributed by atoms with Crippen LogP contribution in [0.5, 0.6) is 0 Å². The summed E-state index contributed by atoms with van der Waals surface area (Å²) >= 11 is 0. The molecule has 86 valence electrons. The first-order valence-electron chi connectivity index (χ1n) is 5.61. The molecule has 0 bridgehead atoms. The number of pyridine rings is 1. The van der Waals surface area contributed by atoms with Crippen molar-refractivity contribution < 1.29 is 4.79 Å². The van der Waals surface area contributed by atoms with Gasteiger partial charge in [0, 0.05) is 12.2 Å². The molecule has 1 fully saturated rings. The molecule has 0 spiro atoms. The highest BCUT2D eigenvalue weighted by molar-refractivity contribution is 5.95. The lowest BCUT2D eigenvalue weighted by molar-refractivity contribution is -0.125. The zero-order valence-electron chi connectivity index (χ0n) is 9.44. The standard InChI is InChI=1S/C12H17N3O/c1-12(7-4-5-9(12)13)11(16)15-10-6-2-3-8-14-10/h2-3,6,8-9H,4-5,7,13H2,1H3,(H,14,15,16). The minimum atomic E-state index is -0.447. The van der Waals surface area contributed by atoms with Crippen molar-refractivity contribution in [1.29, 1.82) is 0 Å². The van der Waals surface area contributed by atoms with Gasteiger partial charge in [0.25, 0.3) is 0 Å². The van der Waals surface area contributed by atoms with E-state index in [0.717, 1.165) is 19.3 Å². The summed E-state index contributed by atoms with van der Waals surface area (Å²) in [5.74, 6) is 0.573. The smallest absolute Gasteiger partial charge is 0.233 e. The Kier molecular flexibility index (Phi) is 2.92. The number of nitrogens with two attached hydrogens (primary N) is 1. The summed E-state index contributed by atoms with van der Waals surface area (Å²) in [6.07, 6.45) is 4.46. The lowest BCUT2D eigenvalue weighted by Gasteiger charge is -2.27. The second-order valence-corrected chi connectivity index (χ2v) is 4.59. The van der Waals surface area contributed by atoms with Crippen LogP contribution in [0.1, 0.15) is 26.2 Å². The quantitative estimate of drug-likeness (QED) is 0.792. The van der Waals surface area contributed by atoms with Gasteiger partial charge in [0.05, 0.1) is 5.41 Å². The van der Waals surface area contributed by atoms with Gasteiger partial charge in [0.15, 0.2) is 0 Å². The van der Waals surface area contributed by atoms with E-state index < -0.39 is 5.41 Å². The molecule has 2 rings (SSSR count). The molecule has 1 aliphatic carbocycles. The fourth-order valence-corrected chi connectivity index (χ4v) is 2.17. The summed E-state index contributed by atoms with van der Waals surface area (Å²) in [5, 5.41) is 2.82. The number of nitrogens with one attached hydrogen (secondary N) is 1. The molecular weight excluding hydrogens is 202 g/mol. The van der Waals surface area contributed by atoms with Crippen LogP contribution in [0.4, 0.5) is 5.82 Å². The van der Waals surface area contributed by atoms with Crippen LogP contribution in [0.15, 0.2) is 24.4 Å². The van der Waals surface area contributed by atoms with E-state index in [4.69, 9.17) is 5.73 Å². The van der Waals surface area contributed by atoms with Crippen molar-refractivity contribution in [2.24, 2.45) is 11.1 Å². The van der Waals surface area contributed by atoms with Gasteiger partial charge in [0.2, 0.25) is 5.91 Å². The molecule has 2 unspecified atom stereocenters. The number of aromatic nitrogens is 1. The molecule has 0 aromatic carbocycles. The lowest BCUT2D eigenvalue weighted by atomic mass is 9.84. The molecule has 16 heavy (non-hydrogen) atoms. The maximum absolute atomic E-state index is 12.1. The molecule has 1 aliphatic rings. The molecule has 0 radical (unpaired) electrons. The third-order valence-electron chi connectivity index (χ3n) is 3.45. The molecule has 4 nitrogen and oxygen atoms in total. The highest BCUT2D eigenvalue weighted by atomic mass is 16.2. The van der Waals surface area contributed by atoms with Gasteiger partial charge in [-0.3, -0.25) is 4.79 Å². The molecule has 2 atom stereocenters. The topological polar surface area (TPSA) is 68.0 Å². The van der Waals surface area contributed by atoms with Gasteiger partial charge in [0.1, 0.15) is 5.82 Å². The van der Waals surface area contributed by atoms with Crippen LogP contribution in [0.25, 0.3) is 0 Å². The van der Waals surface area contributed by atoms with Crippen molar-refractivity contribution in [3.8, 4) is 0 Å². The van der Waals surface area contributed by atoms with Crippen molar-refractivity contribution in [2.75, 3.05) is 5.32 Å². The summed E-state index contributed by atoms with van der Waals surface area (Å²) in [6, 6.07) is 5.40. The number of hydrogen-bond donors (Lipinski definition) is 2. The minimum Gasteiger partial charge on any atom is -0.327 e. The molecule has 1 amide bonds. The molecule has 4 heteroatoms. The lowest BCUT2D eigenvalue weighted by Crippen LogP contribution is -2.44. The third kappa shape index (κ3) is 1.93. The summed E-state index contributed by atoms with van der Waals surface area (Å²) in [5.41, 5.74) is 5.54. The Morgan fingerprint density at radius 3 is 3.00 bits per heavy atom. The van der Waals surface area contributed by atoms with Crippen LogP contribution >= 0.6 is 0 Å². The van der Waals surface area contributed by atoms with Crippen molar-refractivity contribution >= 4 is 11.7 Å². The maximum Gasteiger partial charge on any atom is 0.233 e. The monoisotopic (exact) mass is 219 g/mol. The summed E-state index contributed by atoms with van der Waals surface area (Å²) < 4.78 is 0. The van der Waals surface area contributed by atoms with E-state index in [0.29, 0.717) is 5.82 Å². The number of hydrogen-bond acceptors (Lipinski definition) is 3. The van der Waals surface area contributed by atoms with Crippen LogP contribution in [0.2, 0.25) is 0 Å². The average molecular weight is 219 g/mol. The van der Waals surface area contributed by atoms with E-state index >= 15 is 0 Å². The Morgan fingerprint density at radius 2 is 2.44 bits per heavy atom. The highest BCUT2D eigenvalue weighted by Gasteiger charge is 2.42. The maximum atomic E-state index is 12.1. The number of rotatable bonds is 2. The molecular formula is C12H17N3O. The number of amides is 1. The number of anilines is 1. The van der Waals surface area contributed by atoms with E-state index in [2.05, 4.69) is 10.3 Å². The zero-order valence-corrected chi connectivity index (χ0v) is 9.44. The predicted molar refractivity (Wildman–Crippen MR) is 62.8 cm³/mol. The van der Waals surface area contributed by atoms with Crippen LogP contribution in [0, 0.1) is 5.41 Å². The first kappa shape index (κ1) is 11.1. The minimum absolute atomic E-state index is 0.0174. The Balaban J connectivity index is 2.09. The van der Waals surface area contributed by atoms with Gasteiger partial charge in [-0.05, 0) is 31.9 Å². The van der Waals surface area contributed by atoms with E-state index in [1.54, 1.807) is 12.3 Å². The zero-order chi connectivity index (χ0) is 11.6. The van der Waals surface area contributed by atoms with Crippen LogP contribution < -0.4 is 11.1 Å². The van der Waals surface area contributed by atoms with Gasteiger partial charge >= 0.3 is 0 Å². The highest BCUT2D eigenvalue weighted by Crippen LogP contribution is 2.37. The van der Waals surface area contributed by atoms with E-state index in [-0.39, 0.29) is 11.9 Å². The van der Waals surface area contributed by atoms with Crippen molar-refractivity contribution in [3.05, 3.63) is 24.4 Å². The predicted octanol–water partition coefficient (Wildman–Crippen LogP) is 1.54. The number of carbonyl (C=O) groups excluding carboxylic acids is 1. The SMILES string of the molecule is CC1(C(=O)Nc2ccccn2)CCCC1N. The number of carbonyl (C=O) groups is 1. The van der Waals surface area contributed by atoms with Crippen LogP contribution in [-0.2, 0) is 4.79 Å². The molecule has 0 saturated heterocycles. The summed E-state index contributed by atoms with van der Waals surface area (Å²) in [4.78, 5) is 16.2. The first-order valence-corrected chi connectivity index (χ1v) is 5.61. The summed E-state index contributed by atoms with van der Waals surface area (Å²) in [6.45, 7) is 1.93. The van der Waals surface area contributed by atoms with Gasteiger partial charge in [-0.25, -0.2) is 4.98 Å². The van der Waals surface area contributed by atoms with Gasteiger partial charge in [-0.2, -0.15) is 0 Å². The van der Waals surface area contributed by atoms with Crippen molar-refractivity contribution in [1.82, 2.24) is 4.98 Å². The van der Waals surface area contributed by atoms with Gasteiger partial charge in [-0.1, -0.05) is 12.5 Å². The largest absolute Gasteiger partial charge is 0.327 e. The third-order valence-corrected chi connectivity index (χ3v) is 3.45. The molecule has 1 aromatic heterocycles. The van der Waals surface area contributed by atoms with E-state index in [1.807, 2.05) is 19.1 Å². The molecule has 1 aromatic rings. The first-order chi connectivity index (χ1) is 7.63. The van der Waals surface area contributed by atoms with E-state index in [1.165, 1.54) is 0 Å². The van der Waals surface area contributed by atoms with Gasteiger partial charge in [-0.15, -0.1) is 0 Å². The Bertz CT molecular complexity index is 379. The normalized spacial score (nSPS) is 29.0. The van der Waals surface area contributed by atoms with E-state index in [9.17, 15) is 4.79 Å². The second kappa shape index (κ2) is 4.22. The molecule has 1 heterocycles. The Morgan fingerprint density at radius 1 is 1.62 bits per heavy atom. The number of nitrogens with zero attached hydrogens (tertiary/aromatic N) is 1. The van der Waals surface area contributed by atoms with Crippen LogP contribution in [-0.4, -0.2) is 16.9 Å². The van der Waals surface area contributed by atoms with Gasteiger partial charge < -0.3 is 11.1 Å². The molecule has 1 saturated carbocycles. The van der Waals surface area contributed by atoms with Crippen LogP contribution in [0.3, 0.4) is 0 Å². The Hall–Kier alpha value is -1.42.